The van der Waals surface area contributed by atoms with Gasteiger partial charge >= 0.3 is 17.1 Å². The molecule has 5 fully saturated rings. The number of carbonyl (C=O) groups excluding carboxylic acids is 2. The third-order valence-corrected chi connectivity index (χ3v) is 13.5. The summed E-state index contributed by atoms with van der Waals surface area (Å²) >= 11 is 0. The first-order chi connectivity index (χ1) is 38.3. The van der Waals surface area contributed by atoms with Crippen molar-refractivity contribution in [3.8, 4) is 0 Å². The van der Waals surface area contributed by atoms with Crippen molar-refractivity contribution >= 4 is 37.2 Å². The van der Waals surface area contributed by atoms with Gasteiger partial charge < -0.3 is 51.9 Å². The number of aliphatic hydroxyl groups excluding tert-OH is 1. The monoisotopic (exact) mass is 1200 g/mol. The van der Waals surface area contributed by atoms with Crippen molar-refractivity contribution < 1.29 is 85.0 Å². The highest BCUT2D eigenvalue weighted by Gasteiger charge is 2.34. The number of nitrogens with two attached hydrogens (primary N) is 2. The topological polar surface area (TPSA) is 402 Å². The van der Waals surface area contributed by atoms with Crippen LogP contribution in [0.2, 0.25) is 0 Å². The van der Waals surface area contributed by atoms with E-state index in [4.69, 9.17) is 40.3 Å². The molecule has 0 bridgehead atoms. The number of ketones is 1. The molecule has 3 aromatic heterocycles. The maximum atomic E-state index is 12.8. The third-order valence-electron chi connectivity index (χ3n) is 13.5. The molecule has 5 heterocycles. The summed E-state index contributed by atoms with van der Waals surface area (Å²) in [4.78, 5) is 51.4. The van der Waals surface area contributed by atoms with Crippen LogP contribution in [-0.2, 0) is 33.3 Å². The Kier molecular flexibility index (Phi) is 39.2. The van der Waals surface area contributed by atoms with Crippen molar-refractivity contribution in [3.63, 3.8) is 0 Å². The lowest BCUT2D eigenvalue weighted by Crippen LogP contribution is -2.24. The molecule has 0 spiro atoms. The molecule has 8 rings (SSSR count). The van der Waals surface area contributed by atoms with E-state index in [0.717, 1.165) is 103 Å². The molecule has 3 saturated carbocycles. The van der Waals surface area contributed by atoms with Gasteiger partial charge in [-0.2, -0.15) is 15.3 Å². The Bertz CT molecular complexity index is 2170. The van der Waals surface area contributed by atoms with Crippen LogP contribution >= 0.6 is 0 Å². The van der Waals surface area contributed by atoms with Gasteiger partial charge in [-0.3, -0.25) is 54.0 Å². The molecule has 3 aliphatic carbocycles. The summed E-state index contributed by atoms with van der Waals surface area (Å²) in [6.07, 6.45) is 8.62. The summed E-state index contributed by atoms with van der Waals surface area (Å²) in [6, 6.07) is -0.337. The molecule has 3 radical (unpaired) electrons. The fourth-order valence-corrected chi connectivity index (χ4v) is 9.41. The van der Waals surface area contributed by atoms with Crippen LogP contribution < -0.4 is 17.6 Å². The van der Waals surface area contributed by atoms with Crippen LogP contribution in [0, 0.1) is 48.1 Å². The average Bonchev–Trinajstić information content (AvgIpc) is 4.52. The van der Waals surface area contributed by atoms with Crippen molar-refractivity contribution in [1.29, 1.82) is 0 Å². The number of nitro groups is 3. The second kappa shape index (κ2) is 42.1. The van der Waals surface area contributed by atoms with Gasteiger partial charge in [0.05, 0.1) is 46.1 Å². The molecule has 2 aliphatic heterocycles. The first kappa shape index (κ1) is 77.3. The molecule has 1 amide bonds. The highest BCUT2D eigenvalue weighted by Crippen LogP contribution is 2.38. The molecule has 0 unspecified atom stereocenters. The lowest BCUT2D eigenvalue weighted by atomic mass is 9.86. The molecule has 0 atom stereocenters. The van der Waals surface area contributed by atoms with Crippen molar-refractivity contribution in [1.82, 2.24) is 35.5 Å². The second-order valence-corrected chi connectivity index (χ2v) is 19.5. The fraction of sp³-hybridized carbons (Fsp3) is 0.776. The van der Waals surface area contributed by atoms with E-state index < -0.39 is 74.1 Å². The smallest absolute Gasteiger partial charge is 0.316 e. The van der Waals surface area contributed by atoms with E-state index in [1.165, 1.54) is 46.7 Å². The normalized spacial score (nSPS) is 20.8. The van der Waals surface area contributed by atoms with Crippen LogP contribution in [0.5, 0.6) is 0 Å². The van der Waals surface area contributed by atoms with Gasteiger partial charge in [-0.25, -0.2) is 26.3 Å². The number of primary amides is 1. The molecule has 2 saturated heterocycles. The number of Topliss-reactive ketones (excluding diaryl/α,β-unsaturated/α-hetero) is 1. The van der Waals surface area contributed by atoms with Crippen molar-refractivity contribution in [2.75, 3.05) is 79.7 Å². The Balaban J connectivity index is 0.00000108. The number of rotatable bonds is 21. The van der Waals surface area contributed by atoms with Crippen LogP contribution in [0.15, 0.2) is 18.6 Å². The maximum Gasteiger partial charge on any atom is 0.316 e. The predicted octanol–water partition coefficient (Wildman–Crippen LogP) is 7.62. The quantitative estimate of drug-likeness (QED) is 0.0262. The number of halogens is 6. The number of ether oxygens (including phenoxy) is 5. The Labute approximate surface area is 478 Å². The van der Waals surface area contributed by atoms with Gasteiger partial charge in [-0.05, 0) is 127 Å². The average molecular weight is 1200 g/mol. The largest absolute Gasteiger partial charge is 0.412 e. The van der Waals surface area contributed by atoms with E-state index in [-0.39, 0.29) is 63.1 Å². The van der Waals surface area contributed by atoms with Gasteiger partial charge in [0, 0.05) is 61.7 Å². The fourth-order valence-electron chi connectivity index (χ4n) is 9.41. The Morgan fingerprint density at radius 1 is 0.590 bits per heavy atom. The zero-order valence-electron chi connectivity index (χ0n) is 47.0. The van der Waals surface area contributed by atoms with Crippen LogP contribution in [0.1, 0.15) is 164 Å². The van der Waals surface area contributed by atoms with Gasteiger partial charge in [0.25, 0.3) is 19.3 Å². The lowest BCUT2D eigenvalue weighted by molar-refractivity contribution is -0.386. The van der Waals surface area contributed by atoms with Crippen molar-refractivity contribution in [2.24, 2.45) is 29.2 Å². The number of hydrogen-bond donors (Lipinski definition) is 4. The van der Waals surface area contributed by atoms with Crippen LogP contribution in [0.3, 0.4) is 0 Å². The molecule has 3 aromatic rings. The van der Waals surface area contributed by atoms with Crippen molar-refractivity contribution in [2.45, 2.75) is 147 Å². The first-order valence-corrected chi connectivity index (χ1v) is 26.6. The number of alkyl halides is 6. The number of hydrogen-bond acceptors (Lipinski definition) is 19. The summed E-state index contributed by atoms with van der Waals surface area (Å²) in [5.41, 5.74) is 6.13. The van der Waals surface area contributed by atoms with Gasteiger partial charge in [-0.15, -0.1) is 0 Å². The lowest BCUT2D eigenvalue weighted by Gasteiger charge is -2.28. The summed E-state index contributed by atoms with van der Waals surface area (Å²) in [5.74, 6) is 0.434. The second-order valence-electron chi connectivity index (χ2n) is 19.5. The molecule has 83 heavy (non-hydrogen) atoms. The first-order valence-electron chi connectivity index (χ1n) is 26.6. The molecule has 34 heteroatoms. The molecule has 0 aromatic carbocycles. The van der Waals surface area contributed by atoms with Crippen LogP contribution in [0.4, 0.5) is 43.4 Å². The van der Waals surface area contributed by atoms with Gasteiger partial charge in [-0.1, -0.05) is 0 Å². The van der Waals surface area contributed by atoms with E-state index in [2.05, 4.69) is 15.3 Å². The van der Waals surface area contributed by atoms with Crippen LogP contribution in [-0.4, -0.2) is 155 Å². The van der Waals surface area contributed by atoms with E-state index in [1.54, 1.807) is 0 Å². The molecule has 10 N–H and O–H groups in total. The number of carbonyl (C=O) groups is 2. The van der Waals surface area contributed by atoms with Gasteiger partial charge in [0.2, 0.25) is 23.0 Å². The minimum Gasteiger partial charge on any atom is -0.412 e. The predicted molar refractivity (Wildman–Crippen MR) is 289 cm³/mol. The van der Waals surface area contributed by atoms with E-state index in [9.17, 15) is 66.3 Å². The highest BCUT2D eigenvalue weighted by atomic mass is 19.3. The van der Waals surface area contributed by atoms with Gasteiger partial charge in [0.15, 0.2) is 5.78 Å². The Morgan fingerprint density at radius 2 is 0.867 bits per heavy atom. The molecular formula is C49H82BF6N12O15. The zero-order valence-corrected chi connectivity index (χ0v) is 47.0. The summed E-state index contributed by atoms with van der Waals surface area (Å²) in [6.45, 7) is 8.01. The zero-order chi connectivity index (χ0) is 59.1. The summed E-state index contributed by atoms with van der Waals surface area (Å²) in [5, 5.41) is 50.6. The van der Waals surface area contributed by atoms with Crippen LogP contribution in [0.25, 0.3) is 0 Å². The molecule has 27 nitrogen and oxygen atoms in total. The number of nitrogens with zero attached hydrogens (tertiary/aromatic N) is 9. The maximum absolute atomic E-state index is 12.8. The SMILES string of the molecule is C1CCOC1.C1CCOC1.CC(=O)COCC1CCC(n2cc([N+](=O)[O-])c(C(F)F)n2)CC1.CO.N.NC(=O)COCC1CCC(n2cc([N+](=O)[O-])c(C(F)F)n2)CC1.NCCOCC1CCC(n2cc([N+](=O)[O-])c(C(F)F)n2)CC1.O.[B]. The summed E-state index contributed by atoms with van der Waals surface area (Å²) in [7, 11) is 1.00. The van der Waals surface area contributed by atoms with Gasteiger partial charge in [0.1, 0.15) is 31.8 Å². The molecular weight excluding hydrogens is 1120 g/mol. The highest BCUT2D eigenvalue weighted by molar-refractivity contribution is 5.76. The number of amides is 1. The number of aliphatic hydroxyl groups is 1. The Hall–Kier alpha value is -5.75. The molecule has 473 valence electrons. The Morgan fingerprint density at radius 3 is 1.07 bits per heavy atom. The minimum absolute atomic E-state index is 0. The standard InChI is InChI=1S/C14H19F2N3O4.C13H18F2N4O4.C13H20F2N4O3.2C4H8O.CH4O.B.H3N.H2O/c1-9(20)7-23-8-10-2-4-11(5-3-10)18-6-12(19(21)22)13(17-18)14(15)16;14-13(15)12-10(19(21)22)5-18(17-12)9-3-1-8(2-4-9)6-23-7-11(16)20;14-13(15)12-11(19(20)21)7-18(17-12)10-3-1-9(2-4-10)8-22-6-5-16;2*1-2-4-5-3-1;1-2;;;/h6,10-11,14H,2-5,7-8H2,1H3;5,8-9,13H,1-4,6-7H2,(H2,16,20);7,9-10,13H,1-6,8,16H2;2*1-4H2;2H,1H3;;1H3;1H2. The van der Waals surface area contributed by atoms with E-state index >= 15 is 0 Å². The summed E-state index contributed by atoms with van der Waals surface area (Å²) < 4.78 is 107. The third kappa shape index (κ3) is 27.7. The van der Waals surface area contributed by atoms with E-state index in [0.29, 0.717) is 70.5 Å². The molecule has 5 aliphatic rings. The number of aromatic nitrogens is 6. The van der Waals surface area contributed by atoms with E-state index in [1.807, 2.05) is 0 Å². The van der Waals surface area contributed by atoms with Crippen molar-refractivity contribution in [3.05, 3.63) is 66.0 Å². The minimum atomic E-state index is -2.98.